The summed E-state index contributed by atoms with van der Waals surface area (Å²) >= 11 is 1.74. The number of carbonyl (C=O) groups is 1. The first kappa shape index (κ1) is 14.9. The third-order valence-corrected chi connectivity index (χ3v) is 5.22. The molecular weight excluding hydrogens is 322 g/mol. The molecule has 4 rings (SSSR count). The van der Waals surface area contributed by atoms with Crippen molar-refractivity contribution in [3.8, 4) is 11.4 Å². The summed E-state index contributed by atoms with van der Waals surface area (Å²) < 4.78 is 0. The van der Waals surface area contributed by atoms with Crippen molar-refractivity contribution in [2.45, 2.75) is 17.4 Å². The summed E-state index contributed by atoms with van der Waals surface area (Å²) in [5.74, 6) is 1.38. The molecule has 3 aromatic rings. The Morgan fingerprint density at radius 3 is 2.83 bits per heavy atom. The van der Waals surface area contributed by atoms with Crippen molar-refractivity contribution in [2.24, 2.45) is 0 Å². The Hall–Kier alpha value is -2.67. The minimum Gasteiger partial charge on any atom is -0.351 e. The van der Waals surface area contributed by atoms with E-state index in [2.05, 4.69) is 32.0 Å². The maximum absolute atomic E-state index is 12.5. The normalized spacial score (nSPS) is 15.9. The van der Waals surface area contributed by atoms with E-state index in [1.54, 1.807) is 11.8 Å². The van der Waals surface area contributed by atoms with E-state index in [-0.39, 0.29) is 11.8 Å². The summed E-state index contributed by atoms with van der Waals surface area (Å²) in [6.07, 6.45) is 0. The molecule has 1 unspecified atom stereocenters. The van der Waals surface area contributed by atoms with Crippen molar-refractivity contribution in [2.75, 3.05) is 5.75 Å². The van der Waals surface area contributed by atoms with Crippen LogP contribution in [0.1, 0.15) is 17.0 Å². The summed E-state index contributed by atoms with van der Waals surface area (Å²) in [7, 11) is 0. The molecule has 0 radical (unpaired) electrons. The lowest BCUT2D eigenvalue weighted by Gasteiger charge is -2.11. The molecule has 7 heteroatoms. The fourth-order valence-electron chi connectivity index (χ4n) is 2.75. The van der Waals surface area contributed by atoms with Gasteiger partial charge in [-0.15, -0.1) is 22.0 Å². The molecule has 0 aliphatic carbocycles. The smallest absolute Gasteiger partial charge is 0.228 e. The maximum Gasteiger partial charge on any atom is 0.228 e. The molecule has 24 heavy (non-hydrogen) atoms. The molecular formula is C17H15N5OS. The van der Waals surface area contributed by atoms with Crippen LogP contribution in [-0.2, 0) is 11.3 Å². The number of aromatic amines is 1. The van der Waals surface area contributed by atoms with Crippen LogP contribution in [0, 0.1) is 0 Å². The zero-order chi connectivity index (χ0) is 16.4. The predicted octanol–water partition coefficient (Wildman–Crippen LogP) is 2.37. The van der Waals surface area contributed by atoms with E-state index in [1.807, 2.05) is 42.5 Å². The fourth-order valence-corrected chi connectivity index (χ4v) is 3.98. The van der Waals surface area contributed by atoms with Gasteiger partial charge in [-0.05, 0) is 22.4 Å². The Bertz CT molecular complexity index is 848. The number of carbonyl (C=O) groups excluding carboxylic acids is 1. The van der Waals surface area contributed by atoms with Crippen LogP contribution >= 0.6 is 11.8 Å². The molecule has 1 amide bonds. The second kappa shape index (κ2) is 6.45. The van der Waals surface area contributed by atoms with Gasteiger partial charge in [0.15, 0.2) is 0 Å². The van der Waals surface area contributed by atoms with Gasteiger partial charge in [-0.3, -0.25) is 4.79 Å². The topological polar surface area (TPSA) is 83.6 Å². The second-order valence-corrected chi connectivity index (χ2v) is 6.61. The highest BCUT2D eigenvalue weighted by atomic mass is 32.2. The molecule has 2 N–H and O–H groups in total. The lowest BCUT2D eigenvalue weighted by Crippen LogP contribution is -2.29. The van der Waals surface area contributed by atoms with Crippen molar-refractivity contribution in [3.05, 3.63) is 59.7 Å². The zero-order valence-electron chi connectivity index (χ0n) is 12.8. The largest absolute Gasteiger partial charge is 0.351 e. The number of aromatic nitrogens is 4. The monoisotopic (exact) mass is 337 g/mol. The molecule has 2 aromatic carbocycles. The van der Waals surface area contributed by atoms with Gasteiger partial charge in [0.05, 0.1) is 5.92 Å². The average molecular weight is 337 g/mol. The molecule has 0 bridgehead atoms. The number of hydrogen-bond acceptors (Lipinski definition) is 5. The SMILES string of the molecule is O=C(NCc1ccc(-c2nn[nH]n2)cc1)C1CSc2ccccc21. The average Bonchev–Trinajstić information content (AvgIpc) is 3.30. The summed E-state index contributed by atoms with van der Waals surface area (Å²) in [5.41, 5.74) is 3.06. The minimum atomic E-state index is -0.0650. The molecule has 0 saturated carbocycles. The highest BCUT2D eigenvalue weighted by Gasteiger charge is 2.28. The van der Waals surface area contributed by atoms with Gasteiger partial charge in [0, 0.05) is 22.8 Å². The highest BCUT2D eigenvalue weighted by molar-refractivity contribution is 7.99. The highest BCUT2D eigenvalue weighted by Crippen LogP contribution is 2.39. The lowest BCUT2D eigenvalue weighted by molar-refractivity contribution is -0.122. The van der Waals surface area contributed by atoms with Gasteiger partial charge in [-0.1, -0.05) is 42.5 Å². The molecule has 6 nitrogen and oxygen atoms in total. The second-order valence-electron chi connectivity index (χ2n) is 5.55. The molecule has 1 atom stereocenters. The number of benzene rings is 2. The van der Waals surface area contributed by atoms with Gasteiger partial charge in [0.1, 0.15) is 0 Å². The van der Waals surface area contributed by atoms with Crippen LogP contribution in [0.25, 0.3) is 11.4 Å². The van der Waals surface area contributed by atoms with Gasteiger partial charge >= 0.3 is 0 Å². The van der Waals surface area contributed by atoms with E-state index in [1.165, 1.54) is 4.90 Å². The number of nitrogens with zero attached hydrogens (tertiary/aromatic N) is 3. The van der Waals surface area contributed by atoms with E-state index >= 15 is 0 Å². The number of H-pyrrole nitrogens is 1. The molecule has 0 fully saturated rings. The van der Waals surface area contributed by atoms with E-state index in [0.717, 1.165) is 22.4 Å². The summed E-state index contributed by atoms with van der Waals surface area (Å²) in [6.45, 7) is 0.509. The molecule has 120 valence electrons. The minimum absolute atomic E-state index is 0.0650. The first-order chi connectivity index (χ1) is 11.8. The van der Waals surface area contributed by atoms with Crippen molar-refractivity contribution in [1.82, 2.24) is 25.9 Å². The number of hydrogen-bond donors (Lipinski definition) is 2. The quantitative estimate of drug-likeness (QED) is 0.764. The molecule has 2 heterocycles. The van der Waals surface area contributed by atoms with Crippen molar-refractivity contribution in [3.63, 3.8) is 0 Å². The standard InChI is InChI=1S/C17H15N5OS/c23-17(14-10-24-15-4-2-1-3-13(14)15)18-9-11-5-7-12(8-6-11)16-19-21-22-20-16/h1-8,14H,9-10H2,(H,18,23)(H,19,20,21,22). The van der Waals surface area contributed by atoms with Crippen LogP contribution in [0.15, 0.2) is 53.4 Å². The number of tetrazole rings is 1. The molecule has 0 spiro atoms. The van der Waals surface area contributed by atoms with Crippen LogP contribution in [0.4, 0.5) is 0 Å². The Kier molecular flexibility index (Phi) is 4.00. The summed E-state index contributed by atoms with van der Waals surface area (Å²) in [4.78, 5) is 13.7. The van der Waals surface area contributed by atoms with Crippen molar-refractivity contribution >= 4 is 17.7 Å². The first-order valence-corrected chi connectivity index (χ1v) is 8.62. The Morgan fingerprint density at radius 1 is 1.21 bits per heavy atom. The predicted molar refractivity (Wildman–Crippen MR) is 91.4 cm³/mol. The Balaban J connectivity index is 1.39. The van der Waals surface area contributed by atoms with Gasteiger partial charge in [0.25, 0.3) is 0 Å². The van der Waals surface area contributed by atoms with Crippen LogP contribution in [-0.4, -0.2) is 32.3 Å². The first-order valence-electron chi connectivity index (χ1n) is 7.63. The van der Waals surface area contributed by atoms with E-state index in [4.69, 9.17) is 0 Å². The number of thioether (sulfide) groups is 1. The number of amides is 1. The fraction of sp³-hybridized carbons (Fsp3) is 0.176. The van der Waals surface area contributed by atoms with Crippen LogP contribution in [0.3, 0.4) is 0 Å². The molecule has 1 aliphatic heterocycles. The van der Waals surface area contributed by atoms with Gasteiger partial charge < -0.3 is 5.32 Å². The summed E-state index contributed by atoms with van der Waals surface area (Å²) in [6, 6.07) is 15.9. The van der Waals surface area contributed by atoms with Gasteiger partial charge in [-0.25, -0.2) is 0 Å². The van der Waals surface area contributed by atoms with Crippen LogP contribution in [0.5, 0.6) is 0 Å². The van der Waals surface area contributed by atoms with Gasteiger partial charge in [-0.2, -0.15) is 5.21 Å². The Labute approximate surface area is 143 Å². The zero-order valence-corrected chi connectivity index (χ0v) is 13.6. The van der Waals surface area contributed by atoms with E-state index in [9.17, 15) is 4.79 Å². The van der Waals surface area contributed by atoms with Crippen LogP contribution in [0.2, 0.25) is 0 Å². The molecule has 1 aromatic heterocycles. The summed E-state index contributed by atoms with van der Waals surface area (Å²) in [5, 5.41) is 16.9. The third kappa shape index (κ3) is 2.90. The number of nitrogens with one attached hydrogen (secondary N) is 2. The number of fused-ring (bicyclic) bond motifs is 1. The van der Waals surface area contributed by atoms with Crippen LogP contribution < -0.4 is 5.32 Å². The van der Waals surface area contributed by atoms with Crippen molar-refractivity contribution in [1.29, 1.82) is 0 Å². The molecule has 1 aliphatic rings. The number of rotatable bonds is 4. The van der Waals surface area contributed by atoms with Crippen molar-refractivity contribution < 1.29 is 4.79 Å². The lowest BCUT2D eigenvalue weighted by atomic mass is 10.0. The van der Waals surface area contributed by atoms with Gasteiger partial charge in [0.2, 0.25) is 11.7 Å². The van der Waals surface area contributed by atoms with E-state index < -0.39 is 0 Å². The maximum atomic E-state index is 12.5. The Morgan fingerprint density at radius 2 is 2.04 bits per heavy atom. The molecule has 0 saturated heterocycles. The third-order valence-electron chi connectivity index (χ3n) is 4.04. The van der Waals surface area contributed by atoms with E-state index in [0.29, 0.717) is 12.4 Å².